The van der Waals surface area contributed by atoms with Crippen LogP contribution in [-0.4, -0.2) is 64.3 Å². The number of aromatic amines is 1. The second kappa shape index (κ2) is 18.5. The number of hydrogen-bond donors (Lipinski definition) is 1. The van der Waals surface area contributed by atoms with E-state index in [1.165, 1.54) is 4.57 Å². The van der Waals surface area contributed by atoms with Gasteiger partial charge < -0.3 is 0 Å². The second-order valence-corrected chi connectivity index (χ2v) is 21.2. The quantitative estimate of drug-likeness (QED) is 0.0888. The maximum atomic E-state index is 13.7. The van der Waals surface area contributed by atoms with Crippen LogP contribution in [0.5, 0.6) is 11.5 Å². The third-order valence-electron chi connectivity index (χ3n) is 11.4. The van der Waals surface area contributed by atoms with Gasteiger partial charge in [-0.15, -0.1) is 0 Å². The van der Waals surface area contributed by atoms with Crippen molar-refractivity contribution in [3.63, 3.8) is 0 Å². The molecule has 62 heavy (non-hydrogen) atoms. The molecule has 1 aliphatic rings. The standard InChI is InChI=1S/C51H48N2O7SeSi/c1-5-62(44-22-14-8-15-23-44,45-24-16-9-17-25-45)60-46-34-47(53-35-37(2)48(54)52-49(53)55)59-50(46,61-43-20-12-7-13-21-43)36-58-51(38-18-10-6-11-19-38,39-26-30-41(56-3)31-27-39)40-28-32-42(57-4)33-29-40/h5-33,35,46-47H,1,34,36H2,2-4H3,(H,52,54,55)/t46-,47+,50+/m0/s1. The van der Waals surface area contributed by atoms with Crippen molar-refractivity contribution in [2.24, 2.45) is 0 Å². The SMILES string of the molecule is C=C[Si](O[C@H]1C[C@H](n2cc(C)c(=O)[nH]c2=O)O[C@]1(COC(c1ccccc1)(c1ccc(OC)cc1)c1ccc(OC)cc1)[Se]c1ccccc1)(c1ccccc1)c1ccccc1. The van der Waals surface area contributed by atoms with Gasteiger partial charge in [0.15, 0.2) is 0 Å². The first-order chi connectivity index (χ1) is 30.2. The molecular weight excluding hydrogens is 860 g/mol. The van der Waals surface area contributed by atoms with Gasteiger partial charge in [-0.25, -0.2) is 0 Å². The number of H-pyrrole nitrogens is 1. The molecule has 3 atom stereocenters. The van der Waals surface area contributed by atoms with Crippen LogP contribution in [0, 0.1) is 6.92 Å². The summed E-state index contributed by atoms with van der Waals surface area (Å²) in [4.78, 5) is 29.0. The summed E-state index contributed by atoms with van der Waals surface area (Å²) in [5.74, 6) is 1.41. The normalized spacial score (nSPS) is 17.7. The number of nitrogens with zero attached hydrogens (tertiary/aromatic N) is 1. The van der Waals surface area contributed by atoms with Gasteiger partial charge in [0.25, 0.3) is 0 Å². The summed E-state index contributed by atoms with van der Waals surface area (Å²) in [5, 5.41) is 2.03. The number of hydrogen-bond acceptors (Lipinski definition) is 7. The molecule has 0 bridgehead atoms. The Morgan fingerprint density at radius 3 is 1.73 bits per heavy atom. The van der Waals surface area contributed by atoms with E-state index in [1.54, 1.807) is 27.3 Å². The van der Waals surface area contributed by atoms with E-state index in [-0.39, 0.29) is 13.0 Å². The van der Waals surface area contributed by atoms with Gasteiger partial charge in [0.05, 0.1) is 0 Å². The second-order valence-electron chi connectivity index (χ2n) is 15.1. The molecule has 9 nitrogen and oxygen atoms in total. The number of nitrogens with one attached hydrogen (secondary N) is 1. The molecule has 11 heteroatoms. The third-order valence-corrected chi connectivity index (χ3v) is 17.8. The van der Waals surface area contributed by atoms with Gasteiger partial charge in [-0.3, -0.25) is 0 Å². The van der Waals surface area contributed by atoms with Crippen molar-refractivity contribution < 1.29 is 23.4 Å². The van der Waals surface area contributed by atoms with Crippen molar-refractivity contribution in [1.82, 2.24) is 9.55 Å². The van der Waals surface area contributed by atoms with Gasteiger partial charge in [-0.05, 0) is 0 Å². The zero-order valence-corrected chi connectivity index (χ0v) is 37.5. The van der Waals surface area contributed by atoms with E-state index in [9.17, 15) is 9.59 Å². The van der Waals surface area contributed by atoms with Crippen molar-refractivity contribution in [3.8, 4) is 11.5 Å². The summed E-state index contributed by atoms with van der Waals surface area (Å²) in [6.45, 7) is 6.17. The van der Waals surface area contributed by atoms with Gasteiger partial charge in [0.2, 0.25) is 0 Å². The number of rotatable bonds is 16. The molecule has 7 aromatic rings. The minimum atomic E-state index is -3.28. The molecule has 0 saturated carbocycles. The Morgan fingerprint density at radius 2 is 1.23 bits per heavy atom. The molecule has 1 saturated heterocycles. The number of methoxy groups -OCH3 is 2. The molecule has 0 spiro atoms. The van der Waals surface area contributed by atoms with Gasteiger partial charge in [-0.2, -0.15) is 0 Å². The fourth-order valence-corrected chi connectivity index (χ4v) is 14.3. The van der Waals surface area contributed by atoms with Crippen molar-refractivity contribution in [2.75, 3.05) is 20.8 Å². The first kappa shape index (κ1) is 42.6. The average Bonchev–Trinajstić information content (AvgIpc) is 3.67. The predicted molar refractivity (Wildman–Crippen MR) is 247 cm³/mol. The number of aryl methyl sites for hydroxylation is 1. The van der Waals surface area contributed by atoms with Crippen LogP contribution in [0.4, 0.5) is 0 Å². The summed E-state index contributed by atoms with van der Waals surface area (Å²) < 4.78 is 35.6. The molecule has 0 unspecified atom stereocenters. The zero-order chi connectivity index (χ0) is 43.2. The molecule has 0 aliphatic carbocycles. The van der Waals surface area contributed by atoms with Crippen molar-refractivity contribution in [3.05, 3.63) is 231 Å². The van der Waals surface area contributed by atoms with Crippen LogP contribution in [-0.2, 0) is 19.5 Å². The molecule has 1 aliphatic heterocycles. The van der Waals surface area contributed by atoms with E-state index in [4.69, 9.17) is 23.4 Å². The molecule has 0 radical (unpaired) electrons. The summed E-state index contributed by atoms with van der Waals surface area (Å²) in [5.41, 5.74) is 2.77. The fourth-order valence-electron chi connectivity index (χ4n) is 8.23. The Labute approximate surface area is 368 Å². The van der Waals surface area contributed by atoms with E-state index in [0.29, 0.717) is 17.1 Å². The Balaban J connectivity index is 1.36. The topological polar surface area (TPSA) is 101 Å². The molecule has 2 heterocycles. The summed E-state index contributed by atoms with van der Waals surface area (Å²) >= 11 is -0.495. The summed E-state index contributed by atoms with van der Waals surface area (Å²) in [6, 6.07) is 56.7. The third kappa shape index (κ3) is 8.31. The Bertz CT molecular complexity index is 2610. The Hall–Kier alpha value is -6.04. The van der Waals surface area contributed by atoms with E-state index in [2.05, 4.69) is 60.1 Å². The van der Waals surface area contributed by atoms with Crippen LogP contribution in [0.1, 0.15) is 34.9 Å². The predicted octanol–water partition coefficient (Wildman–Crippen LogP) is 6.39. The van der Waals surface area contributed by atoms with Crippen molar-refractivity contribution in [2.45, 2.75) is 35.8 Å². The molecule has 1 fully saturated rings. The molecule has 1 N–H and O–H groups in total. The van der Waals surface area contributed by atoms with Gasteiger partial charge >= 0.3 is 371 Å². The van der Waals surface area contributed by atoms with Gasteiger partial charge in [-0.1, -0.05) is 0 Å². The van der Waals surface area contributed by atoms with Crippen molar-refractivity contribution in [1.29, 1.82) is 0 Å². The van der Waals surface area contributed by atoms with Crippen molar-refractivity contribution >= 4 is 38.1 Å². The Morgan fingerprint density at radius 1 is 0.742 bits per heavy atom. The maximum absolute atomic E-state index is 13.7. The summed E-state index contributed by atoms with van der Waals surface area (Å²) in [7, 11) is 0.0174. The molecule has 6 aromatic carbocycles. The van der Waals surface area contributed by atoms with Crippen LogP contribution in [0.3, 0.4) is 0 Å². The number of aromatic nitrogens is 2. The van der Waals surface area contributed by atoms with E-state index >= 15 is 0 Å². The van der Waals surface area contributed by atoms with E-state index in [1.807, 2.05) is 127 Å². The molecule has 8 rings (SSSR count). The van der Waals surface area contributed by atoms with Crippen LogP contribution < -0.4 is 35.6 Å². The molecular formula is C51H48N2O7SeSi. The van der Waals surface area contributed by atoms with Crippen LogP contribution >= 0.6 is 0 Å². The Kier molecular flexibility index (Phi) is 12.7. The van der Waals surface area contributed by atoms with Crippen LogP contribution in [0.25, 0.3) is 0 Å². The number of ether oxygens (including phenoxy) is 4. The van der Waals surface area contributed by atoms with Crippen LogP contribution in [0.2, 0.25) is 0 Å². The van der Waals surface area contributed by atoms with E-state index < -0.39 is 57.0 Å². The zero-order valence-electron chi connectivity index (χ0n) is 34.8. The monoisotopic (exact) mass is 908 g/mol. The average molecular weight is 908 g/mol. The first-order valence-electron chi connectivity index (χ1n) is 20.4. The van der Waals surface area contributed by atoms with Gasteiger partial charge in [0.1, 0.15) is 0 Å². The number of benzene rings is 6. The molecule has 314 valence electrons. The molecule has 1 aromatic heterocycles. The minimum absolute atomic E-state index is 0.0261. The first-order valence-corrected chi connectivity index (χ1v) is 24.1. The van der Waals surface area contributed by atoms with Crippen LogP contribution in [0.15, 0.2) is 198 Å². The fraction of sp³-hybridized carbons (Fsp3) is 0.176. The molecule has 0 amide bonds. The summed E-state index contributed by atoms with van der Waals surface area (Å²) in [6.07, 6.45) is 0.366. The van der Waals surface area contributed by atoms with E-state index in [0.717, 1.165) is 31.5 Å². The van der Waals surface area contributed by atoms with Gasteiger partial charge in [0, 0.05) is 0 Å².